The van der Waals surface area contributed by atoms with Crippen LogP contribution in [-0.4, -0.2) is 11.5 Å². The average Bonchev–Trinajstić information content (AvgIpc) is 2.76. The van der Waals surface area contributed by atoms with Gasteiger partial charge in [-0.1, -0.05) is 26.7 Å². The third-order valence-corrected chi connectivity index (χ3v) is 3.94. The molecule has 0 saturated heterocycles. The molecule has 3 heteroatoms. The average molecular weight is 247 g/mol. The van der Waals surface area contributed by atoms with Gasteiger partial charge in [-0.05, 0) is 42.7 Å². The van der Waals surface area contributed by atoms with Gasteiger partial charge in [0, 0.05) is 6.54 Å². The van der Waals surface area contributed by atoms with Crippen molar-refractivity contribution in [1.82, 2.24) is 4.98 Å². The molecular formula is C15H25N3. The highest BCUT2D eigenvalue weighted by molar-refractivity contribution is 5.43. The van der Waals surface area contributed by atoms with E-state index in [1.807, 2.05) is 12.1 Å². The number of rotatable bonds is 5. The van der Waals surface area contributed by atoms with Crippen molar-refractivity contribution in [3.8, 4) is 0 Å². The lowest BCUT2D eigenvalue weighted by Gasteiger charge is -2.31. The molecule has 0 bridgehead atoms. The summed E-state index contributed by atoms with van der Waals surface area (Å²) in [7, 11) is 0. The second-order valence-corrected chi connectivity index (χ2v) is 6.14. The summed E-state index contributed by atoms with van der Waals surface area (Å²) < 4.78 is 0. The monoisotopic (exact) mass is 247 g/mol. The number of pyridine rings is 1. The van der Waals surface area contributed by atoms with Crippen molar-refractivity contribution in [3.05, 3.63) is 18.3 Å². The quantitative estimate of drug-likeness (QED) is 0.834. The van der Waals surface area contributed by atoms with Crippen LogP contribution in [0.1, 0.15) is 46.0 Å². The van der Waals surface area contributed by atoms with Crippen LogP contribution in [0.15, 0.2) is 18.3 Å². The van der Waals surface area contributed by atoms with E-state index in [0.717, 1.165) is 24.0 Å². The lowest BCUT2D eigenvalue weighted by molar-refractivity contribution is 0.252. The smallest absolute Gasteiger partial charge is 0.126 e. The van der Waals surface area contributed by atoms with Gasteiger partial charge in [0.2, 0.25) is 0 Å². The fraction of sp³-hybridized carbons (Fsp3) is 0.667. The molecule has 1 saturated carbocycles. The van der Waals surface area contributed by atoms with E-state index in [-0.39, 0.29) is 0 Å². The number of nitrogens with two attached hydrogens (primary N) is 1. The molecule has 1 fully saturated rings. The van der Waals surface area contributed by atoms with Crippen LogP contribution in [-0.2, 0) is 0 Å². The molecule has 0 atom stereocenters. The van der Waals surface area contributed by atoms with Gasteiger partial charge in [0.25, 0.3) is 0 Å². The van der Waals surface area contributed by atoms with E-state index in [4.69, 9.17) is 5.73 Å². The Hall–Kier alpha value is -1.25. The molecule has 3 nitrogen and oxygen atoms in total. The first-order valence-corrected chi connectivity index (χ1v) is 7.05. The summed E-state index contributed by atoms with van der Waals surface area (Å²) in [4.78, 5) is 4.31. The lowest BCUT2D eigenvalue weighted by Crippen LogP contribution is -2.28. The molecule has 0 aromatic carbocycles. The van der Waals surface area contributed by atoms with Gasteiger partial charge < -0.3 is 11.1 Å². The van der Waals surface area contributed by atoms with E-state index in [1.54, 1.807) is 6.20 Å². The predicted molar refractivity (Wildman–Crippen MR) is 77.5 cm³/mol. The maximum atomic E-state index is 5.65. The fourth-order valence-electron chi connectivity index (χ4n) is 3.23. The summed E-state index contributed by atoms with van der Waals surface area (Å²) in [5.41, 5.74) is 6.85. The van der Waals surface area contributed by atoms with Gasteiger partial charge in [0.1, 0.15) is 5.82 Å². The molecule has 1 aliphatic rings. The number of nitrogens with zero attached hydrogens (tertiary/aromatic N) is 1. The molecule has 1 aliphatic carbocycles. The van der Waals surface area contributed by atoms with Gasteiger partial charge in [-0.3, -0.25) is 0 Å². The topological polar surface area (TPSA) is 50.9 Å². The molecular weight excluding hydrogens is 222 g/mol. The van der Waals surface area contributed by atoms with Crippen LogP contribution >= 0.6 is 0 Å². The third-order valence-electron chi connectivity index (χ3n) is 3.94. The van der Waals surface area contributed by atoms with Crippen LogP contribution in [0.5, 0.6) is 0 Å². The number of nitrogen functional groups attached to an aromatic ring is 1. The number of nitrogens with one attached hydrogen (secondary N) is 1. The second-order valence-electron chi connectivity index (χ2n) is 6.14. The molecule has 3 N–H and O–H groups in total. The number of anilines is 2. The van der Waals surface area contributed by atoms with E-state index < -0.39 is 0 Å². The predicted octanol–water partition coefficient (Wildman–Crippen LogP) is 3.68. The molecule has 1 aromatic rings. The molecule has 2 rings (SSSR count). The number of aromatic nitrogens is 1. The zero-order valence-corrected chi connectivity index (χ0v) is 11.6. The lowest BCUT2D eigenvalue weighted by atomic mass is 9.78. The van der Waals surface area contributed by atoms with Crippen LogP contribution < -0.4 is 11.1 Å². The van der Waals surface area contributed by atoms with Gasteiger partial charge in [-0.25, -0.2) is 4.98 Å². The highest BCUT2D eigenvalue weighted by Crippen LogP contribution is 2.43. The van der Waals surface area contributed by atoms with E-state index in [2.05, 4.69) is 24.1 Å². The van der Waals surface area contributed by atoms with Crippen molar-refractivity contribution < 1.29 is 0 Å². The van der Waals surface area contributed by atoms with E-state index in [0.29, 0.717) is 5.41 Å². The zero-order chi connectivity index (χ0) is 13.0. The Morgan fingerprint density at radius 1 is 1.33 bits per heavy atom. The largest absolute Gasteiger partial charge is 0.397 e. The standard InChI is InChI=1S/C15H25N3/c1-12(2)9-15(7-3-4-8-15)11-18-14-6-5-13(16)10-17-14/h5-6,10,12H,3-4,7-9,11,16H2,1-2H3,(H,17,18). The first-order valence-electron chi connectivity index (χ1n) is 7.05. The van der Waals surface area contributed by atoms with E-state index >= 15 is 0 Å². The van der Waals surface area contributed by atoms with E-state index in [1.165, 1.54) is 32.1 Å². The van der Waals surface area contributed by atoms with Crippen LogP contribution in [0, 0.1) is 11.3 Å². The number of hydrogen-bond acceptors (Lipinski definition) is 3. The Morgan fingerprint density at radius 3 is 2.61 bits per heavy atom. The SMILES string of the molecule is CC(C)CC1(CNc2ccc(N)cn2)CCCC1. The fourth-order valence-corrected chi connectivity index (χ4v) is 3.23. The first-order chi connectivity index (χ1) is 8.60. The van der Waals surface area contributed by atoms with E-state index in [9.17, 15) is 0 Å². The molecule has 0 amide bonds. The van der Waals surface area contributed by atoms with Crippen molar-refractivity contribution in [3.63, 3.8) is 0 Å². The molecule has 1 heterocycles. The molecule has 0 radical (unpaired) electrons. The molecule has 0 unspecified atom stereocenters. The van der Waals surface area contributed by atoms with Crippen LogP contribution in [0.2, 0.25) is 0 Å². The van der Waals surface area contributed by atoms with Crippen molar-refractivity contribution in [2.75, 3.05) is 17.6 Å². The minimum absolute atomic E-state index is 0.483. The van der Waals surface area contributed by atoms with Crippen LogP contribution in [0.4, 0.5) is 11.5 Å². The minimum atomic E-state index is 0.483. The van der Waals surface area contributed by atoms with Crippen molar-refractivity contribution >= 4 is 11.5 Å². The summed E-state index contributed by atoms with van der Waals surface area (Å²) in [5, 5.41) is 3.49. The Labute approximate surface area is 110 Å². The van der Waals surface area contributed by atoms with Crippen molar-refractivity contribution in [1.29, 1.82) is 0 Å². The summed E-state index contributed by atoms with van der Waals surface area (Å²) in [6.45, 7) is 5.69. The highest BCUT2D eigenvalue weighted by atomic mass is 15.0. The Bertz CT molecular complexity index is 364. The van der Waals surface area contributed by atoms with Gasteiger partial charge in [0.05, 0.1) is 11.9 Å². The van der Waals surface area contributed by atoms with Crippen molar-refractivity contribution in [2.45, 2.75) is 46.0 Å². The van der Waals surface area contributed by atoms with Crippen molar-refractivity contribution in [2.24, 2.45) is 11.3 Å². The minimum Gasteiger partial charge on any atom is -0.397 e. The maximum absolute atomic E-state index is 5.65. The summed E-state index contributed by atoms with van der Waals surface area (Å²) in [6.07, 6.45) is 8.49. The zero-order valence-electron chi connectivity index (χ0n) is 11.6. The summed E-state index contributed by atoms with van der Waals surface area (Å²) >= 11 is 0. The Morgan fingerprint density at radius 2 is 2.06 bits per heavy atom. The summed E-state index contributed by atoms with van der Waals surface area (Å²) in [5.74, 6) is 1.71. The Kier molecular flexibility index (Phi) is 4.10. The van der Waals surface area contributed by atoms with Gasteiger partial charge in [0.15, 0.2) is 0 Å². The molecule has 0 aliphatic heterocycles. The van der Waals surface area contributed by atoms with Gasteiger partial charge >= 0.3 is 0 Å². The third kappa shape index (κ3) is 3.37. The second kappa shape index (κ2) is 5.59. The Balaban J connectivity index is 1.95. The molecule has 18 heavy (non-hydrogen) atoms. The van der Waals surface area contributed by atoms with Gasteiger partial charge in [-0.2, -0.15) is 0 Å². The normalized spacial score (nSPS) is 18.2. The highest BCUT2D eigenvalue weighted by Gasteiger charge is 2.34. The first kappa shape index (κ1) is 13.2. The molecule has 100 valence electrons. The maximum Gasteiger partial charge on any atom is 0.126 e. The number of hydrogen-bond donors (Lipinski definition) is 2. The summed E-state index contributed by atoms with van der Waals surface area (Å²) in [6, 6.07) is 3.87. The van der Waals surface area contributed by atoms with Crippen LogP contribution in [0.3, 0.4) is 0 Å². The molecule has 0 spiro atoms. The van der Waals surface area contributed by atoms with Crippen LogP contribution in [0.25, 0.3) is 0 Å². The molecule has 1 aromatic heterocycles. The van der Waals surface area contributed by atoms with Gasteiger partial charge in [-0.15, -0.1) is 0 Å².